The Hall–Kier alpha value is -3.03. The Morgan fingerprint density at radius 2 is 1.96 bits per heavy atom. The average molecular weight is 391 g/mol. The van der Waals surface area contributed by atoms with Crippen molar-refractivity contribution in [2.24, 2.45) is 0 Å². The van der Waals surface area contributed by atoms with Gasteiger partial charge < -0.3 is 15.5 Å². The Labute approximate surface area is 160 Å². The summed E-state index contributed by atoms with van der Waals surface area (Å²) in [6.45, 7) is 2.94. The third kappa shape index (κ3) is 4.11. The van der Waals surface area contributed by atoms with E-state index in [9.17, 15) is 22.8 Å². The van der Waals surface area contributed by atoms with Gasteiger partial charge in [-0.3, -0.25) is 9.59 Å². The number of alkyl halides is 3. The highest BCUT2D eigenvalue weighted by Gasteiger charge is 2.33. The lowest BCUT2D eigenvalue weighted by Crippen LogP contribution is -2.42. The molecule has 3 rings (SSSR count). The van der Waals surface area contributed by atoms with Crippen LogP contribution in [-0.2, 0) is 15.8 Å². The molecule has 0 spiro atoms. The number of fused-ring (bicyclic) bond motifs is 1. The minimum absolute atomic E-state index is 0.115. The van der Waals surface area contributed by atoms with Crippen LogP contribution in [0, 0.1) is 6.92 Å². The lowest BCUT2D eigenvalue weighted by Gasteiger charge is -2.28. The molecular weight excluding hydrogens is 371 g/mol. The van der Waals surface area contributed by atoms with Gasteiger partial charge in [0, 0.05) is 18.2 Å². The molecule has 2 N–H and O–H groups in total. The number of nitrogens with zero attached hydrogens (tertiary/aromatic N) is 1. The zero-order chi connectivity index (χ0) is 20.5. The van der Waals surface area contributed by atoms with Gasteiger partial charge in [-0.15, -0.1) is 0 Å². The first kappa shape index (κ1) is 19.7. The third-order valence-electron chi connectivity index (χ3n) is 4.61. The van der Waals surface area contributed by atoms with Gasteiger partial charge in [-0.1, -0.05) is 18.2 Å². The molecule has 0 aliphatic carbocycles. The Bertz CT molecular complexity index is 912. The van der Waals surface area contributed by atoms with E-state index in [0.29, 0.717) is 11.4 Å². The molecule has 2 aromatic carbocycles. The summed E-state index contributed by atoms with van der Waals surface area (Å²) in [5, 5.41) is 5.53. The maximum Gasteiger partial charge on any atom is 0.416 e. The lowest BCUT2D eigenvalue weighted by molar-refractivity contribution is -0.138. The number of rotatable bonds is 3. The van der Waals surface area contributed by atoms with Crippen molar-refractivity contribution in [1.82, 2.24) is 0 Å². The highest BCUT2D eigenvalue weighted by molar-refractivity contribution is 6.05. The van der Waals surface area contributed by atoms with Gasteiger partial charge in [-0.05, 0) is 43.7 Å². The predicted molar refractivity (Wildman–Crippen MR) is 101 cm³/mol. The average Bonchev–Trinajstić information content (AvgIpc) is 2.74. The molecule has 148 valence electrons. The van der Waals surface area contributed by atoms with Crippen LogP contribution in [-0.4, -0.2) is 24.4 Å². The van der Waals surface area contributed by atoms with E-state index in [-0.39, 0.29) is 42.1 Å². The SMILES string of the molecule is Cc1ccc(NCC(=O)N2c3ccccc3NC(=O)CC2C)cc1C(F)(F)F. The molecule has 0 bridgehead atoms. The molecule has 1 heterocycles. The number of benzene rings is 2. The first-order valence-electron chi connectivity index (χ1n) is 8.79. The maximum atomic E-state index is 13.1. The lowest BCUT2D eigenvalue weighted by atomic mass is 10.1. The van der Waals surface area contributed by atoms with Crippen LogP contribution >= 0.6 is 0 Å². The fraction of sp³-hybridized carbons (Fsp3) is 0.300. The monoisotopic (exact) mass is 391 g/mol. The molecule has 0 saturated heterocycles. The summed E-state index contributed by atoms with van der Waals surface area (Å²) in [5.41, 5.74) is 0.668. The topological polar surface area (TPSA) is 61.4 Å². The van der Waals surface area contributed by atoms with Crippen LogP contribution in [0.15, 0.2) is 42.5 Å². The summed E-state index contributed by atoms with van der Waals surface area (Å²) in [6.07, 6.45) is -4.33. The van der Waals surface area contributed by atoms with Crippen LogP contribution < -0.4 is 15.5 Å². The van der Waals surface area contributed by atoms with Crippen LogP contribution in [0.2, 0.25) is 0 Å². The van der Waals surface area contributed by atoms with Gasteiger partial charge in [0.25, 0.3) is 0 Å². The molecule has 2 aromatic rings. The van der Waals surface area contributed by atoms with Crippen LogP contribution in [0.25, 0.3) is 0 Å². The van der Waals surface area contributed by atoms with Gasteiger partial charge in [0.15, 0.2) is 0 Å². The van der Waals surface area contributed by atoms with E-state index in [4.69, 9.17) is 0 Å². The quantitative estimate of drug-likeness (QED) is 0.825. The molecule has 1 atom stereocenters. The van der Waals surface area contributed by atoms with E-state index in [2.05, 4.69) is 10.6 Å². The molecule has 1 aliphatic heterocycles. The highest BCUT2D eigenvalue weighted by atomic mass is 19.4. The normalized spacial score (nSPS) is 16.8. The van der Waals surface area contributed by atoms with Crippen LogP contribution in [0.3, 0.4) is 0 Å². The zero-order valence-corrected chi connectivity index (χ0v) is 15.4. The number of anilines is 3. The van der Waals surface area contributed by atoms with Crippen LogP contribution in [0.4, 0.5) is 30.2 Å². The smallest absolute Gasteiger partial charge is 0.376 e. The minimum atomic E-state index is -4.46. The van der Waals surface area contributed by atoms with Gasteiger partial charge >= 0.3 is 6.18 Å². The molecular formula is C20H20F3N3O2. The number of carbonyl (C=O) groups is 2. The Morgan fingerprint density at radius 3 is 2.68 bits per heavy atom. The van der Waals surface area contributed by atoms with Gasteiger partial charge in [0.1, 0.15) is 0 Å². The second-order valence-electron chi connectivity index (χ2n) is 6.76. The number of aryl methyl sites for hydroxylation is 1. The molecule has 8 heteroatoms. The van der Waals surface area contributed by atoms with Gasteiger partial charge in [-0.2, -0.15) is 13.2 Å². The number of hydrogen-bond donors (Lipinski definition) is 2. The fourth-order valence-corrected chi connectivity index (χ4v) is 3.27. The summed E-state index contributed by atoms with van der Waals surface area (Å²) >= 11 is 0. The van der Waals surface area contributed by atoms with E-state index < -0.39 is 11.7 Å². The second-order valence-corrected chi connectivity index (χ2v) is 6.76. The van der Waals surface area contributed by atoms with Crippen LogP contribution in [0.1, 0.15) is 24.5 Å². The van der Waals surface area contributed by atoms with Crippen molar-refractivity contribution in [3.05, 3.63) is 53.6 Å². The Morgan fingerprint density at radius 1 is 1.25 bits per heavy atom. The molecule has 0 saturated carbocycles. The first-order chi connectivity index (χ1) is 13.2. The molecule has 0 radical (unpaired) electrons. The number of nitrogens with one attached hydrogen (secondary N) is 2. The van der Waals surface area contributed by atoms with E-state index in [1.807, 2.05) is 0 Å². The molecule has 1 unspecified atom stereocenters. The van der Waals surface area contributed by atoms with Crippen molar-refractivity contribution in [2.45, 2.75) is 32.5 Å². The summed E-state index contributed by atoms with van der Waals surface area (Å²) in [5.74, 6) is -0.540. The van der Waals surface area contributed by atoms with E-state index in [1.54, 1.807) is 31.2 Å². The molecule has 5 nitrogen and oxygen atoms in total. The summed E-state index contributed by atoms with van der Waals surface area (Å²) < 4.78 is 39.2. The standard InChI is InChI=1S/C20H20F3N3O2/c1-12-7-8-14(10-15(12)20(21,22)23)24-11-19(28)26-13(2)9-18(27)25-16-5-3-4-6-17(16)26/h3-8,10,13,24H,9,11H2,1-2H3,(H,25,27). The third-order valence-corrected chi connectivity index (χ3v) is 4.61. The second kappa shape index (κ2) is 7.53. The summed E-state index contributed by atoms with van der Waals surface area (Å²) in [7, 11) is 0. The van der Waals surface area contributed by atoms with Crippen molar-refractivity contribution in [2.75, 3.05) is 22.1 Å². The summed E-state index contributed by atoms with van der Waals surface area (Å²) in [4.78, 5) is 26.3. The molecule has 0 aromatic heterocycles. The Kier molecular flexibility index (Phi) is 5.31. The van der Waals surface area contributed by atoms with Crippen molar-refractivity contribution in [3.8, 4) is 0 Å². The largest absolute Gasteiger partial charge is 0.416 e. The van der Waals surface area contributed by atoms with E-state index >= 15 is 0 Å². The van der Waals surface area contributed by atoms with E-state index in [1.165, 1.54) is 24.0 Å². The summed E-state index contributed by atoms with van der Waals surface area (Å²) in [6, 6.07) is 10.4. The number of carbonyl (C=O) groups excluding carboxylic acids is 2. The number of hydrogen-bond acceptors (Lipinski definition) is 3. The predicted octanol–water partition coefficient (Wildman–Crippen LogP) is 4.19. The maximum absolute atomic E-state index is 13.1. The number of para-hydroxylation sites is 2. The Balaban J connectivity index is 1.81. The number of amides is 2. The molecule has 1 aliphatic rings. The van der Waals surface area contributed by atoms with Gasteiger partial charge in [0.2, 0.25) is 11.8 Å². The van der Waals surface area contributed by atoms with Gasteiger partial charge in [0.05, 0.1) is 23.5 Å². The van der Waals surface area contributed by atoms with Crippen molar-refractivity contribution < 1.29 is 22.8 Å². The van der Waals surface area contributed by atoms with Crippen LogP contribution in [0.5, 0.6) is 0 Å². The van der Waals surface area contributed by atoms with Gasteiger partial charge in [-0.25, -0.2) is 0 Å². The molecule has 0 fully saturated rings. The number of halogens is 3. The van der Waals surface area contributed by atoms with Crippen molar-refractivity contribution in [1.29, 1.82) is 0 Å². The molecule has 28 heavy (non-hydrogen) atoms. The molecule has 2 amide bonds. The first-order valence-corrected chi connectivity index (χ1v) is 8.79. The van der Waals surface area contributed by atoms with Crippen molar-refractivity contribution >= 4 is 28.9 Å². The highest BCUT2D eigenvalue weighted by Crippen LogP contribution is 2.34. The minimum Gasteiger partial charge on any atom is -0.376 e. The fourth-order valence-electron chi connectivity index (χ4n) is 3.27. The van der Waals surface area contributed by atoms with Crippen molar-refractivity contribution in [3.63, 3.8) is 0 Å². The van der Waals surface area contributed by atoms with E-state index in [0.717, 1.165) is 6.07 Å². The zero-order valence-electron chi connectivity index (χ0n) is 15.4.